The number of benzene rings is 1. The lowest BCUT2D eigenvalue weighted by Gasteiger charge is -2.04. The molecule has 0 aliphatic heterocycles. The van der Waals surface area contributed by atoms with E-state index >= 15 is 0 Å². The van der Waals surface area contributed by atoms with Gasteiger partial charge in [-0.15, -0.1) is 0 Å². The van der Waals surface area contributed by atoms with Gasteiger partial charge in [0.25, 0.3) is 0 Å². The predicted molar refractivity (Wildman–Crippen MR) is 51.0 cm³/mol. The fourth-order valence-electron chi connectivity index (χ4n) is 0.965. The Kier molecular flexibility index (Phi) is 3.53. The molecule has 0 saturated carbocycles. The van der Waals surface area contributed by atoms with Gasteiger partial charge in [-0.1, -0.05) is 11.6 Å². The van der Waals surface area contributed by atoms with Crippen LogP contribution in [-0.4, -0.2) is 18.1 Å². The second-order valence-corrected chi connectivity index (χ2v) is 2.56. The van der Waals surface area contributed by atoms with E-state index in [9.17, 15) is 10.1 Å². The van der Waals surface area contributed by atoms with Gasteiger partial charge in [0.15, 0.2) is 11.8 Å². The van der Waals surface area contributed by atoms with Crippen LogP contribution in [0.3, 0.4) is 0 Å². The SMILES string of the molecule is COc1ccc(OCCl)cc1[N+](=O)[O-]. The van der Waals surface area contributed by atoms with E-state index < -0.39 is 4.92 Å². The van der Waals surface area contributed by atoms with E-state index in [0.717, 1.165) is 0 Å². The van der Waals surface area contributed by atoms with Crippen LogP contribution >= 0.6 is 11.6 Å². The van der Waals surface area contributed by atoms with Crippen LogP contribution in [0.2, 0.25) is 0 Å². The number of methoxy groups -OCH3 is 1. The lowest BCUT2D eigenvalue weighted by atomic mass is 10.3. The van der Waals surface area contributed by atoms with Gasteiger partial charge >= 0.3 is 5.69 Å². The minimum absolute atomic E-state index is 0.0521. The molecule has 0 aliphatic rings. The van der Waals surface area contributed by atoms with Gasteiger partial charge in [-0.05, 0) is 12.1 Å². The largest absolute Gasteiger partial charge is 0.490 e. The number of alkyl halides is 1. The molecule has 1 aromatic carbocycles. The molecule has 1 aromatic rings. The summed E-state index contributed by atoms with van der Waals surface area (Å²) in [5.41, 5.74) is -0.143. The molecule has 14 heavy (non-hydrogen) atoms. The molecule has 0 N–H and O–H groups in total. The standard InChI is InChI=1S/C8H8ClNO4/c1-13-8-3-2-6(14-5-9)4-7(8)10(11)12/h2-4H,5H2,1H3. The minimum atomic E-state index is -0.542. The zero-order valence-electron chi connectivity index (χ0n) is 7.40. The van der Waals surface area contributed by atoms with Crippen molar-refractivity contribution in [3.05, 3.63) is 28.3 Å². The molecule has 0 atom stereocenters. The number of nitro benzene ring substituents is 1. The van der Waals surface area contributed by atoms with Crippen molar-refractivity contribution in [2.45, 2.75) is 0 Å². The van der Waals surface area contributed by atoms with E-state index in [0.29, 0.717) is 5.75 Å². The van der Waals surface area contributed by atoms with Crippen molar-refractivity contribution in [1.82, 2.24) is 0 Å². The van der Waals surface area contributed by atoms with Gasteiger partial charge in [-0.3, -0.25) is 10.1 Å². The third-order valence-corrected chi connectivity index (χ3v) is 1.68. The number of hydrogen-bond donors (Lipinski definition) is 0. The molecule has 0 radical (unpaired) electrons. The third kappa shape index (κ3) is 2.26. The first-order valence-electron chi connectivity index (χ1n) is 3.70. The van der Waals surface area contributed by atoms with Gasteiger partial charge in [0.2, 0.25) is 0 Å². The molecule has 0 aromatic heterocycles. The van der Waals surface area contributed by atoms with Crippen molar-refractivity contribution < 1.29 is 14.4 Å². The van der Waals surface area contributed by atoms with Crippen LogP contribution in [0.25, 0.3) is 0 Å². The lowest BCUT2D eigenvalue weighted by Crippen LogP contribution is -1.95. The highest BCUT2D eigenvalue weighted by Gasteiger charge is 2.15. The summed E-state index contributed by atoms with van der Waals surface area (Å²) in [4.78, 5) is 10.0. The molecule has 0 fully saturated rings. The van der Waals surface area contributed by atoms with Crippen molar-refractivity contribution in [1.29, 1.82) is 0 Å². The van der Waals surface area contributed by atoms with E-state index in [-0.39, 0.29) is 17.5 Å². The van der Waals surface area contributed by atoms with Gasteiger partial charge in [0.05, 0.1) is 18.1 Å². The summed E-state index contributed by atoms with van der Waals surface area (Å²) < 4.78 is 9.71. The topological polar surface area (TPSA) is 61.6 Å². The second kappa shape index (κ2) is 4.66. The van der Waals surface area contributed by atoms with Gasteiger partial charge in [0.1, 0.15) is 5.75 Å². The zero-order chi connectivity index (χ0) is 10.6. The van der Waals surface area contributed by atoms with Crippen LogP contribution in [0, 0.1) is 10.1 Å². The number of ether oxygens (including phenoxy) is 2. The summed E-state index contributed by atoms with van der Waals surface area (Å²) in [6, 6.07) is 4.22. The van der Waals surface area contributed by atoms with E-state index in [1.807, 2.05) is 0 Å². The summed E-state index contributed by atoms with van der Waals surface area (Å²) in [6.07, 6.45) is 0. The maximum atomic E-state index is 10.6. The van der Waals surface area contributed by atoms with Crippen LogP contribution in [0.5, 0.6) is 11.5 Å². The fraction of sp³-hybridized carbons (Fsp3) is 0.250. The maximum absolute atomic E-state index is 10.6. The quantitative estimate of drug-likeness (QED) is 0.441. The summed E-state index contributed by atoms with van der Waals surface area (Å²) in [7, 11) is 1.37. The molecule has 1 rings (SSSR count). The highest BCUT2D eigenvalue weighted by Crippen LogP contribution is 2.30. The van der Waals surface area contributed by atoms with Gasteiger partial charge in [-0.25, -0.2) is 0 Å². The Hall–Kier alpha value is -1.49. The van der Waals surface area contributed by atoms with E-state index in [4.69, 9.17) is 21.1 Å². The van der Waals surface area contributed by atoms with Crippen LogP contribution in [0.4, 0.5) is 5.69 Å². The molecule has 0 heterocycles. The van der Waals surface area contributed by atoms with Crippen molar-refractivity contribution >= 4 is 17.3 Å². The first kappa shape index (κ1) is 10.6. The summed E-state index contributed by atoms with van der Waals surface area (Å²) >= 11 is 5.32. The average Bonchev–Trinajstić information content (AvgIpc) is 2.18. The van der Waals surface area contributed by atoms with Crippen molar-refractivity contribution in [2.24, 2.45) is 0 Å². The molecule has 0 spiro atoms. The summed E-state index contributed by atoms with van der Waals surface area (Å²) in [6.45, 7) is 0. The summed E-state index contributed by atoms with van der Waals surface area (Å²) in [5, 5.41) is 10.6. The van der Waals surface area contributed by atoms with Crippen LogP contribution in [0.1, 0.15) is 0 Å². The molecule has 0 unspecified atom stereocenters. The summed E-state index contributed by atoms with van der Waals surface area (Å²) in [5.74, 6) is 0.532. The Labute approximate surface area is 85.3 Å². The Morgan fingerprint density at radius 2 is 2.29 bits per heavy atom. The fourth-order valence-corrected chi connectivity index (χ4v) is 1.09. The lowest BCUT2D eigenvalue weighted by molar-refractivity contribution is -0.385. The highest BCUT2D eigenvalue weighted by molar-refractivity contribution is 6.17. The molecule has 0 aliphatic carbocycles. The number of nitrogens with zero attached hydrogens (tertiary/aromatic N) is 1. The van der Waals surface area contributed by atoms with Crippen molar-refractivity contribution in [3.63, 3.8) is 0 Å². The molecular weight excluding hydrogens is 210 g/mol. The molecular formula is C8H8ClNO4. The monoisotopic (exact) mass is 217 g/mol. The normalized spacial score (nSPS) is 9.57. The Morgan fingerprint density at radius 3 is 2.79 bits per heavy atom. The van der Waals surface area contributed by atoms with Crippen LogP contribution in [0.15, 0.2) is 18.2 Å². The number of nitro groups is 1. The van der Waals surface area contributed by atoms with Crippen molar-refractivity contribution in [2.75, 3.05) is 13.2 Å². The molecule has 0 amide bonds. The highest BCUT2D eigenvalue weighted by atomic mass is 35.5. The molecule has 0 saturated heterocycles. The van der Waals surface area contributed by atoms with E-state index in [2.05, 4.69) is 0 Å². The first-order valence-corrected chi connectivity index (χ1v) is 4.23. The number of hydrogen-bond acceptors (Lipinski definition) is 4. The number of rotatable bonds is 4. The van der Waals surface area contributed by atoms with E-state index in [1.165, 1.54) is 19.2 Å². The zero-order valence-corrected chi connectivity index (χ0v) is 8.15. The average molecular weight is 218 g/mol. The Bertz CT molecular complexity index is 342. The third-order valence-electron chi connectivity index (χ3n) is 1.57. The van der Waals surface area contributed by atoms with Crippen molar-refractivity contribution in [3.8, 4) is 11.5 Å². The Morgan fingerprint density at radius 1 is 1.57 bits per heavy atom. The number of halogens is 1. The van der Waals surface area contributed by atoms with Gasteiger partial charge in [0, 0.05) is 0 Å². The predicted octanol–water partition coefficient (Wildman–Crippen LogP) is 2.18. The molecule has 76 valence electrons. The van der Waals surface area contributed by atoms with Gasteiger partial charge in [-0.2, -0.15) is 0 Å². The minimum Gasteiger partial charge on any atom is -0.490 e. The van der Waals surface area contributed by atoms with Crippen LogP contribution in [-0.2, 0) is 0 Å². The molecule has 5 nitrogen and oxygen atoms in total. The van der Waals surface area contributed by atoms with Gasteiger partial charge < -0.3 is 9.47 Å². The van der Waals surface area contributed by atoms with Crippen LogP contribution < -0.4 is 9.47 Å². The molecule has 6 heteroatoms. The van der Waals surface area contributed by atoms with E-state index in [1.54, 1.807) is 6.07 Å². The smallest absolute Gasteiger partial charge is 0.314 e. The first-order chi connectivity index (χ1) is 6.69. The Balaban J connectivity index is 3.07. The maximum Gasteiger partial charge on any atom is 0.314 e. The molecule has 0 bridgehead atoms. The second-order valence-electron chi connectivity index (χ2n) is 2.34.